The Bertz CT molecular complexity index is 615. The Morgan fingerprint density at radius 3 is 2.46 bits per heavy atom. The first-order valence-electron chi connectivity index (χ1n) is 9.13. The average molecular weight is 334 g/mol. The molecule has 0 heterocycles. The summed E-state index contributed by atoms with van der Waals surface area (Å²) in [6.07, 6.45) is 5.20. The number of hydrogen-bond donors (Lipinski definition) is 3. The molecule has 0 aromatic carbocycles. The lowest BCUT2D eigenvalue weighted by Crippen LogP contribution is -2.56. The monoisotopic (exact) mass is 334 g/mol. The number of fused-ring (bicyclic) bond motifs is 2. The maximum atomic E-state index is 12.4. The number of ketones is 1. The zero-order valence-electron chi connectivity index (χ0n) is 15.2. The van der Waals surface area contributed by atoms with Crippen LogP contribution in [0.15, 0.2) is 23.3 Å². The van der Waals surface area contributed by atoms with Crippen LogP contribution in [-0.2, 0) is 4.79 Å². The molecular formula is C20H30O4. The largest absolute Gasteiger partial charge is 0.387 e. The summed E-state index contributed by atoms with van der Waals surface area (Å²) in [5, 5.41) is 33.6. The molecule has 134 valence electrons. The van der Waals surface area contributed by atoms with E-state index >= 15 is 0 Å². The number of carbonyl (C=O) groups is 1. The van der Waals surface area contributed by atoms with Gasteiger partial charge in [-0.1, -0.05) is 27.7 Å². The van der Waals surface area contributed by atoms with Gasteiger partial charge in [0.25, 0.3) is 0 Å². The van der Waals surface area contributed by atoms with Crippen LogP contribution in [0.2, 0.25) is 0 Å². The highest BCUT2D eigenvalue weighted by atomic mass is 16.3. The molecule has 0 amide bonds. The van der Waals surface area contributed by atoms with Gasteiger partial charge in [0, 0.05) is 11.1 Å². The summed E-state index contributed by atoms with van der Waals surface area (Å²) >= 11 is 0. The fraction of sp³-hybridized carbons (Fsp3) is 0.750. The van der Waals surface area contributed by atoms with Crippen molar-refractivity contribution in [3.05, 3.63) is 23.3 Å². The Labute approximate surface area is 144 Å². The van der Waals surface area contributed by atoms with Gasteiger partial charge in [-0.15, -0.1) is 0 Å². The molecule has 2 saturated carbocycles. The minimum Gasteiger partial charge on any atom is -0.387 e. The van der Waals surface area contributed by atoms with E-state index in [0.717, 1.165) is 12.8 Å². The van der Waals surface area contributed by atoms with E-state index in [-0.39, 0.29) is 28.6 Å². The Morgan fingerprint density at radius 2 is 1.83 bits per heavy atom. The third-order valence-electron chi connectivity index (χ3n) is 6.61. The van der Waals surface area contributed by atoms with E-state index in [9.17, 15) is 20.1 Å². The molecule has 2 fully saturated rings. The second-order valence-electron chi connectivity index (χ2n) is 8.97. The zero-order valence-corrected chi connectivity index (χ0v) is 15.2. The highest BCUT2D eigenvalue weighted by Crippen LogP contribution is 2.55. The molecule has 3 N–H and O–H groups in total. The van der Waals surface area contributed by atoms with Crippen LogP contribution < -0.4 is 0 Å². The fourth-order valence-corrected chi connectivity index (χ4v) is 5.20. The summed E-state index contributed by atoms with van der Waals surface area (Å²) in [6.45, 7) is 8.11. The summed E-state index contributed by atoms with van der Waals surface area (Å²) in [5.74, 6) is -0.252. The normalized spacial score (nSPS) is 41.9. The lowest BCUT2D eigenvalue weighted by Gasteiger charge is -2.51. The van der Waals surface area contributed by atoms with Gasteiger partial charge in [0.05, 0.1) is 5.60 Å². The molecule has 0 spiro atoms. The zero-order chi connectivity index (χ0) is 17.9. The molecule has 0 saturated heterocycles. The summed E-state index contributed by atoms with van der Waals surface area (Å²) in [6, 6.07) is 0. The SMILES string of the molecule is CC(C)C1=C[C@]2(O)CCC3C(C)(C)CCC[C@]3(O)[C@@H](O)C2=CC1=O. The molecule has 3 aliphatic rings. The van der Waals surface area contributed by atoms with Crippen molar-refractivity contribution in [2.45, 2.75) is 77.1 Å². The van der Waals surface area contributed by atoms with Gasteiger partial charge in [-0.3, -0.25) is 4.79 Å². The van der Waals surface area contributed by atoms with Crippen LogP contribution in [0.1, 0.15) is 59.8 Å². The molecule has 0 radical (unpaired) electrons. The minimum absolute atomic E-state index is 0.0153. The predicted octanol–water partition coefficient (Wildman–Crippen LogP) is 2.52. The number of carbonyl (C=O) groups excluding carboxylic acids is 1. The third kappa shape index (κ3) is 2.51. The maximum absolute atomic E-state index is 12.4. The second kappa shape index (κ2) is 5.52. The van der Waals surface area contributed by atoms with Gasteiger partial charge in [-0.2, -0.15) is 0 Å². The lowest BCUT2D eigenvalue weighted by atomic mass is 9.58. The van der Waals surface area contributed by atoms with Crippen molar-refractivity contribution in [1.82, 2.24) is 0 Å². The van der Waals surface area contributed by atoms with Gasteiger partial charge in [-0.05, 0) is 61.5 Å². The maximum Gasteiger partial charge on any atom is 0.182 e. The summed E-state index contributed by atoms with van der Waals surface area (Å²) in [4.78, 5) is 12.4. The number of hydrogen-bond acceptors (Lipinski definition) is 4. The van der Waals surface area contributed by atoms with Crippen LogP contribution in [0, 0.1) is 17.3 Å². The van der Waals surface area contributed by atoms with Crippen LogP contribution in [0.3, 0.4) is 0 Å². The molecule has 0 bridgehead atoms. The van der Waals surface area contributed by atoms with Gasteiger partial charge in [-0.25, -0.2) is 0 Å². The van der Waals surface area contributed by atoms with E-state index in [2.05, 4.69) is 13.8 Å². The van der Waals surface area contributed by atoms with Crippen molar-refractivity contribution in [2.75, 3.05) is 0 Å². The van der Waals surface area contributed by atoms with Crippen molar-refractivity contribution in [3.63, 3.8) is 0 Å². The molecule has 4 heteroatoms. The molecule has 4 nitrogen and oxygen atoms in total. The van der Waals surface area contributed by atoms with E-state index in [1.54, 1.807) is 6.08 Å². The summed E-state index contributed by atoms with van der Waals surface area (Å²) in [5.41, 5.74) is -1.85. The van der Waals surface area contributed by atoms with Crippen LogP contribution >= 0.6 is 0 Å². The highest BCUT2D eigenvalue weighted by molar-refractivity contribution is 6.06. The number of allylic oxidation sites excluding steroid dienone is 2. The van der Waals surface area contributed by atoms with Crippen LogP contribution in [0.5, 0.6) is 0 Å². The first-order valence-corrected chi connectivity index (χ1v) is 9.13. The molecule has 0 aromatic heterocycles. The van der Waals surface area contributed by atoms with E-state index in [1.807, 2.05) is 13.8 Å². The number of aliphatic hydroxyl groups is 3. The molecule has 3 rings (SSSR count). The van der Waals surface area contributed by atoms with Crippen LogP contribution in [-0.4, -0.2) is 38.4 Å². The van der Waals surface area contributed by atoms with Gasteiger partial charge in [0.1, 0.15) is 11.7 Å². The lowest BCUT2D eigenvalue weighted by molar-refractivity contribution is -0.155. The van der Waals surface area contributed by atoms with Crippen LogP contribution in [0.4, 0.5) is 0 Å². The standard InChI is InChI=1S/C20H30O4/c1-12(2)13-11-19(23)9-6-16-18(3,4)7-5-8-20(16,24)17(22)14(19)10-15(13)21/h10-12,16-17,22-24H,5-9H2,1-4H3/t16?,17-,19+,20+/m0/s1. The summed E-state index contributed by atoms with van der Waals surface area (Å²) < 4.78 is 0. The second-order valence-corrected chi connectivity index (χ2v) is 8.97. The first-order chi connectivity index (χ1) is 11.0. The average Bonchev–Trinajstić information content (AvgIpc) is 2.54. The molecule has 24 heavy (non-hydrogen) atoms. The number of aliphatic hydroxyl groups excluding tert-OH is 1. The van der Waals surface area contributed by atoms with Crippen molar-refractivity contribution >= 4 is 5.78 Å². The van der Waals surface area contributed by atoms with Crippen molar-refractivity contribution in [2.24, 2.45) is 17.3 Å². The van der Waals surface area contributed by atoms with Crippen molar-refractivity contribution in [1.29, 1.82) is 0 Å². The van der Waals surface area contributed by atoms with Crippen LogP contribution in [0.25, 0.3) is 0 Å². The predicted molar refractivity (Wildman–Crippen MR) is 92.3 cm³/mol. The molecule has 0 aliphatic heterocycles. The molecule has 4 atom stereocenters. The summed E-state index contributed by atoms with van der Waals surface area (Å²) in [7, 11) is 0. The third-order valence-corrected chi connectivity index (χ3v) is 6.61. The first kappa shape index (κ1) is 17.8. The fourth-order valence-electron chi connectivity index (χ4n) is 5.20. The van der Waals surface area contributed by atoms with Gasteiger partial charge in [0.2, 0.25) is 0 Å². The van der Waals surface area contributed by atoms with Gasteiger partial charge in [0.15, 0.2) is 5.78 Å². The smallest absolute Gasteiger partial charge is 0.182 e. The van der Waals surface area contributed by atoms with E-state index in [1.165, 1.54) is 6.08 Å². The molecule has 1 unspecified atom stereocenters. The van der Waals surface area contributed by atoms with Crippen molar-refractivity contribution < 1.29 is 20.1 Å². The Morgan fingerprint density at radius 1 is 1.17 bits per heavy atom. The molecule has 3 aliphatic carbocycles. The van der Waals surface area contributed by atoms with Gasteiger partial charge < -0.3 is 15.3 Å². The quantitative estimate of drug-likeness (QED) is 0.688. The molecule has 0 aromatic rings. The number of rotatable bonds is 1. The minimum atomic E-state index is -1.34. The van der Waals surface area contributed by atoms with E-state index in [0.29, 0.717) is 24.8 Å². The van der Waals surface area contributed by atoms with Crippen molar-refractivity contribution in [3.8, 4) is 0 Å². The van der Waals surface area contributed by atoms with E-state index in [4.69, 9.17) is 0 Å². The highest BCUT2D eigenvalue weighted by Gasteiger charge is 2.58. The Kier molecular flexibility index (Phi) is 4.10. The Balaban J connectivity index is 2.09. The topological polar surface area (TPSA) is 77.8 Å². The van der Waals surface area contributed by atoms with Gasteiger partial charge >= 0.3 is 0 Å². The molecular weight excluding hydrogens is 304 g/mol. The Hall–Kier alpha value is -0.970. The van der Waals surface area contributed by atoms with E-state index < -0.39 is 17.3 Å².